The maximum Gasteiger partial charge on any atom is 0.0801 e. The molecule has 0 spiro atoms. The lowest BCUT2D eigenvalue weighted by atomic mass is 10.0. The van der Waals surface area contributed by atoms with E-state index in [1.807, 2.05) is 38.2 Å². The third-order valence-electron chi connectivity index (χ3n) is 2.57. The Hall–Kier alpha value is -1.45. The van der Waals surface area contributed by atoms with Crippen molar-refractivity contribution in [3.63, 3.8) is 0 Å². The van der Waals surface area contributed by atoms with E-state index in [0.717, 1.165) is 22.0 Å². The topological polar surface area (TPSA) is 37.8 Å². The SMILES string of the molecule is CNC(c1cccc(Cl)c1)c1cnc(C)cn1. The first kappa shape index (κ1) is 12.0. The van der Waals surface area contributed by atoms with E-state index in [9.17, 15) is 0 Å². The summed E-state index contributed by atoms with van der Waals surface area (Å²) in [6.07, 6.45) is 3.56. The van der Waals surface area contributed by atoms with E-state index in [1.54, 1.807) is 12.4 Å². The van der Waals surface area contributed by atoms with Crippen molar-refractivity contribution in [3.05, 3.63) is 58.6 Å². The Balaban J connectivity index is 2.36. The van der Waals surface area contributed by atoms with Gasteiger partial charge in [0.25, 0.3) is 0 Å². The molecule has 2 aromatic rings. The van der Waals surface area contributed by atoms with E-state index < -0.39 is 0 Å². The molecule has 0 bridgehead atoms. The summed E-state index contributed by atoms with van der Waals surface area (Å²) < 4.78 is 0. The molecule has 0 fully saturated rings. The summed E-state index contributed by atoms with van der Waals surface area (Å²) in [6.45, 7) is 1.92. The molecule has 0 saturated heterocycles. The van der Waals surface area contributed by atoms with Gasteiger partial charge < -0.3 is 5.32 Å². The van der Waals surface area contributed by atoms with Gasteiger partial charge >= 0.3 is 0 Å². The molecule has 2 rings (SSSR count). The molecule has 1 heterocycles. The predicted molar refractivity (Wildman–Crippen MR) is 69.1 cm³/mol. The number of hydrogen-bond acceptors (Lipinski definition) is 3. The van der Waals surface area contributed by atoms with Gasteiger partial charge in [0.2, 0.25) is 0 Å². The average molecular weight is 248 g/mol. The van der Waals surface area contributed by atoms with Crippen molar-refractivity contribution in [1.29, 1.82) is 0 Å². The second-order valence-electron chi connectivity index (χ2n) is 3.86. The normalized spacial score (nSPS) is 12.4. The van der Waals surface area contributed by atoms with Crippen LogP contribution in [0.15, 0.2) is 36.7 Å². The molecule has 0 amide bonds. The molecule has 88 valence electrons. The number of aromatic nitrogens is 2. The molecule has 0 saturated carbocycles. The van der Waals surface area contributed by atoms with Crippen molar-refractivity contribution in [2.45, 2.75) is 13.0 Å². The molecule has 1 N–H and O–H groups in total. The van der Waals surface area contributed by atoms with Crippen LogP contribution in [0.3, 0.4) is 0 Å². The second-order valence-corrected chi connectivity index (χ2v) is 4.30. The maximum absolute atomic E-state index is 5.99. The Morgan fingerprint density at radius 1 is 1.24 bits per heavy atom. The first-order valence-electron chi connectivity index (χ1n) is 5.42. The Morgan fingerprint density at radius 2 is 2.06 bits per heavy atom. The van der Waals surface area contributed by atoms with Crippen molar-refractivity contribution >= 4 is 11.6 Å². The Morgan fingerprint density at radius 3 is 2.65 bits per heavy atom. The quantitative estimate of drug-likeness (QED) is 0.906. The van der Waals surface area contributed by atoms with E-state index in [-0.39, 0.29) is 6.04 Å². The minimum absolute atomic E-state index is 0.0156. The molecule has 1 atom stereocenters. The van der Waals surface area contributed by atoms with Gasteiger partial charge in [0, 0.05) is 11.2 Å². The standard InChI is InChI=1S/C13H14ClN3/c1-9-7-17-12(8-16-9)13(15-2)10-4-3-5-11(14)6-10/h3-8,13,15H,1-2H3. The summed E-state index contributed by atoms with van der Waals surface area (Å²) in [7, 11) is 1.90. The highest BCUT2D eigenvalue weighted by atomic mass is 35.5. The van der Waals surface area contributed by atoms with Crippen molar-refractivity contribution in [3.8, 4) is 0 Å². The molecule has 0 aliphatic rings. The maximum atomic E-state index is 5.99. The molecule has 1 aromatic carbocycles. The van der Waals surface area contributed by atoms with Crippen LogP contribution in [-0.2, 0) is 0 Å². The van der Waals surface area contributed by atoms with Gasteiger partial charge in [-0.05, 0) is 31.7 Å². The number of halogens is 1. The van der Waals surface area contributed by atoms with Crippen LogP contribution in [0.5, 0.6) is 0 Å². The van der Waals surface area contributed by atoms with Crippen LogP contribution < -0.4 is 5.32 Å². The van der Waals surface area contributed by atoms with Gasteiger partial charge in [-0.1, -0.05) is 23.7 Å². The van der Waals surface area contributed by atoms with Crippen molar-refractivity contribution < 1.29 is 0 Å². The summed E-state index contributed by atoms with van der Waals surface area (Å²) in [6, 6.07) is 7.77. The predicted octanol–water partition coefficient (Wildman–Crippen LogP) is 2.75. The Kier molecular flexibility index (Phi) is 3.71. The van der Waals surface area contributed by atoms with Crippen molar-refractivity contribution in [1.82, 2.24) is 15.3 Å². The van der Waals surface area contributed by atoms with Gasteiger partial charge in [-0.15, -0.1) is 0 Å². The van der Waals surface area contributed by atoms with Crippen LogP contribution in [0.2, 0.25) is 5.02 Å². The lowest BCUT2D eigenvalue weighted by Gasteiger charge is -2.16. The number of hydrogen-bond donors (Lipinski definition) is 1. The summed E-state index contributed by atoms with van der Waals surface area (Å²) in [4.78, 5) is 8.65. The molecular weight excluding hydrogens is 234 g/mol. The van der Waals surface area contributed by atoms with E-state index in [2.05, 4.69) is 15.3 Å². The Labute approximate surface area is 106 Å². The summed E-state index contributed by atoms with van der Waals surface area (Å²) in [5.74, 6) is 0. The van der Waals surface area contributed by atoms with Crippen LogP contribution in [0, 0.1) is 6.92 Å². The highest BCUT2D eigenvalue weighted by Crippen LogP contribution is 2.22. The lowest BCUT2D eigenvalue weighted by Crippen LogP contribution is -2.19. The number of nitrogens with zero attached hydrogens (tertiary/aromatic N) is 2. The molecule has 0 aliphatic carbocycles. The van der Waals surface area contributed by atoms with E-state index >= 15 is 0 Å². The van der Waals surface area contributed by atoms with Crippen molar-refractivity contribution in [2.24, 2.45) is 0 Å². The van der Waals surface area contributed by atoms with Gasteiger partial charge in [0.15, 0.2) is 0 Å². The van der Waals surface area contributed by atoms with Gasteiger partial charge in [-0.25, -0.2) is 0 Å². The molecule has 4 heteroatoms. The van der Waals surface area contributed by atoms with Gasteiger partial charge in [-0.2, -0.15) is 0 Å². The molecule has 1 aromatic heterocycles. The molecule has 0 aliphatic heterocycles. The average Bonchev–Trinajstić information content (AvgIpc) is 2.33. The summed E-state index contributed by atoms with van der Waals surface area (Å²) in [5.41, 5.74) is 2.88. The molecular formula is C13H14ClN3. The van der Waals surface area contributed by atoms with Crippen LogP contribution in [0.25, 0.3) is 0 Å². The fourth-order valence-electron chi connectivity index (χ4n) is 1.72. The number of rotatable bonds is 3. The minimum Gasteiger partial charge on any atom is -0.308 e. The zero-order valence-corrected chi connectivity index (χ0v) is 10.6. The third kappa shape index (κ3) is 2.81. The molecule has 1 unspecified atom stereocenters. The zero-order chi connectivity index (χ0) is 12.3. The van der Waals surface area contributed by atoms with Crippen molar-refractivity contribution in [2.75, 3.05) is 7.05 Å². The smallest absolute Gasteiger partial charge is 0.0801 e. The fraction of sp³-hybridized carbons (Fsp3) is 0.231. The molecule has 17 heavy (non-hydrogen) atoms. The largest absolute Gasteiger partial charge is 0.308 e. The van der Waals surface area contributed by atoms with Crippen LogP contribution in [0.1, 0.15) is 23.0 Å². The van der Waals surface area contributed by atoms with Crippen LogP contribution in [0.4, 0.5) is 0 Å². The van der Waals surface area contributed by atoms with Gasteiger partial charge in [-0.3, -0.25) is 9.97 Å². The monoisotopic (exact) mass is 247 g/mol. The minimum atomic E-state index is 0.0156. The van der Waals surface area contributed by atoms with Gasteiger partial charge in [0.05, 0.1) is 23.6 Å². The van der Waals surface area contributed by atoms with Crippen LogP contribution >= 0.6 is 11.6 Å². The van der Waals surface area contributed by atoms with E-state index in [4.69, 9.17) is 11.6 Å². The molecule has 0 radical (unpaired) electrons. The highest BCUT2D eigenvalue weighted by Gasteiger charge is 2.13. The highest BCUT2D eigenvalue weighted by molar-refractivity contribution is 6.30. The fourth-order valence-corrected chi connectivity index (χ4v) is 1.92. The van der Waals surface area contributed by atoms with Gasteiger partial charge in [0.1, 0.15) is 0 Å². The van der Waals surface area contributed by atoms with E-state index in [0.29, 0.717) is 0 Å². The number of benzene rings is 1. The van der Waals surface area contributed by atoms with Crippen LogP contribution in [-0.4, -0.2) is 17.0 Å². The second kappa shape index (κ2) is 5.25. The Bertz CT molecular complexity index is 496. The lowest BCUT2D eigenvalue weighted by molar-refractivity contribution is 0.665. The first-order chi connectivity index (χ1) is 8.20. The molecule has 3 nitrogen and oxygen atoms in total. The third-order valence-corrected chi connectivity index (χ3v) is 2.80. The summed E-state index contributed by atoms with van der Waals surface area (Å²) >= 11 is 5.99. The number of aryl methyl sites for hydroxylation is 1. The first-order valence-corrected chi connectivity index (χ1v) is 5.80. The summed E-state index contributed by atoms with van der Waals surface area (Å²) in [5, 5.41) is 3.95. The number of nitrogens with one attached hydrogen (secondary N) is 1. The zero-order valence-electron chi connectivity index (χ0n) is 9.81. The van der Waals surface area contributed by atoms with E-state index in [1.165, 1.54) is 0 Å².